The van der Waals surface area contributed by atoms with Gasteiger partial charge in [-0.15, -0.1) is 0 Å². The summed E-state index contributed by atoms with van der Waals surface area (Å²) in [6.45, 7) is 5.75. The molecule has 3 N–H and O–H groups in total. The van der Waals surface area contributed by atoms with Crippen LogP contribution in [0.15, 0.2) is 0 Å². The lowest BCUT2D eigenvalue weighted by Gasteiger charge is -2.35. The Labute approximate surface area is 98.6 Å². The molecular formula is C12H25N3O. The van der Waals surface area contributed by atoms with Gasteiger partial charge in [0.05, 0.1) is 6.04 Å². The highest BCUT2D eigenvalue weighted by Gasteiger charge is 2.34. The maximum Gasteiger partial charge on any atom is 0.236 e. The fourth-order valence-electron chi connectivity index (χ4n) is 2.88. The van der Waals surface area contributed by atoms with Gasteiger partial charge in [0.1, 0.15) is 0 Å². The zero-order chi connectivity index (χ0) is 12.1. The summed E-state index contributed by atoms with van der Waals surface area (Å²) in [5.41, 5.74) is 5.80. The summed E-state index contributed by atoms with van der Waals surface area (Å²) in [5, 5.41) is 2.72. The molecule has 1 fully saturated rings. The number of nitrogens with two attached hydrogens (primary N) is 1. The van der Waals surface area contributed by atoms with Crippen molar-refractivity contribution in [2.45, 2.75) is 45.2 Å². The highest BCUT2D eigenvalue weighted by atomic mass is 16.2. The third-order valence-electron chi connectivity index (χ3n) is 3.84. The Morgan fingerprint density at radius 3 is 2.75 bits per heavy atom. The number of likely N-dealkylation sites (N-methyl/N-ethyl adjacent to an activating group) is 2. The molecule has 4 heteroatoms. The fraction of sp³-hybridized carbons (Fsp3) is 0.917. The Hall–Kier alpha value is -0.610. The van der Waals surface area contributed by atoms with Gasteiger partial charge in [-0.25, -0.2) is 0 Å². The van der Waals surface area contributed by atoms with Crippen LogP contribution in [-0.2, 0) is 4.79 Å². The monoisotopic (exact) mass is 227 g/mol. The SMILES string of the molecule is CCN(C(C)C(=O)NC)C1CCCC1CN. The molecule has 0 aromatic heterocycles. The third-order valence-corrected chi connectivity index (χ3v) is 3.84. The van der Waals surface area contributed by atoms with Crippen molar-refractivity contribution in [3.05, 3.63) is 0 Å². The molecule has 1 aliphatic rings. The molecule has 0 heterocycles. The predicted molar refractivity (Wildman–Crippen MR) is 66.1 cm³/mol. The Morgan fingerprint density at radius 2 is 2.25 bits per heavy atom. The van der Waals surface area contributed by atoms with Crippen LogP contribution in [-0.4, -0.2) is 43.0 Å². The van der Waals surface area contributed by atoms with E-state index in [4.69, 9.17) is 5.73 Å². The van der Waals surface area contributed by atoms with E-state index in [1.54, 1.807) is 7.05 Å². The summed E-state index contributed by atoms with van der Waals surface area (Å²) >= 11 is 0. The summed E-state index contributed by atoms with van der Waals surface area (Å²) in [6, 6.07) is 0.439. The van der Waals surface area contributed by atoms with Gasteiger partial charge in [-0.1, -0.05) is 13.3 Å². The molecule has 16 heavy (non-hydrogen) atoms. The molecule has 1 amide bonds. The van der Waals surface area contributed by atoms with Gasteiger partial charge in [0.2, 0.25) is 5.91 Å². The van der Waals surface area contributed by atoms with E-state index < -0.39 is 0 Å². The first-order valence-electron chi connectivity index (χ1n) is 6.33. The second-order valence-electron chi connectivity index (χ2n) is 4.61. The summed E-state index contributed by atoms with van der Waals surface area (Å²) in [7, 11) is 1.70. The average molecular weight is 227 g/mol. The standard InChI is InChI=1S/C12H25N3O/c1-4-15(9(2)12(16)14-3)11-7-5-6-10(11)8-13/h9-11H,4-8,13H2,1-3H3,(H,14,16). The summed E-state index contributed by atoms with van der Waals surface area (Å²) in [6.07, 6.45) is 3.62. The van der Waals surface area contributed by atoms with Crippen molar-refractivity contribution in [2.75, 3.05) is 20.1 Å². The lowest BCUT2D eigenvalue weighted by Crippen LogP contribution is -2.51. The molecule has 1 saturated carbocycles. The van der Waals surface area contributed by atoms with Crippen LogP contribution in [0.3, 0.4) is 0 Å². The number of hydrogen-bond donors (Lipinski definition) is 2. The van der Waals surface area contributed by atoms with Crippen molar-refractivity contribution in [2.24, 2.45) is 11.7 Å². The smallest absolute Gasteiger partial charge is 0.236 e. The minimum atomic E-state index is -0.0489. The highest BCUT2D eigenvalue weighted by molar-refractivity contribution is 5.81. The minimum Gasteiger partial charge on any atom is -0.358 e. The van der Waals surface area contributed by atoms with Crippen LogP contribution in [0, 0.1) is 5.92 Å². The van der Waals surface area contributed by atoms with Gasteiger partial charge in [-0.2, -0.15) is 0 Å². The van der Waals surface area contributed by atoms with E-state index in [2.05, 4.69) is 17.1 Å². The normalized spacial score (nSPS) is 27.1. The first-order chi connectivity index (χ1) is 7.65. The summed E-state index contributed by atoms with van der Waals surface area (Å²) in [5.74, 6) is 0.663. The molecule has 0 radical (unpaired) electrons. The number of carbonyl (C=O) groups is 1. The zero-order valence-electron chi connectivity index (χ0n) is 10.7. The summed E-state index contributed by atoms with van der Waals surface area (Å²) < 4.78 is 0. The minimum absolute atomic E-state index is 0.0489. The number of nitrogens with zero attached hydrogens (tertiary/aromatic N) is 1. The number of rotatable bonds is 5. The van der Waals surface area contributed by atoms with E-state index in [1.165, 1.54) is 19.3 Å². The second kappa shape index (κ2) is 6.21. The topological polar surface area (TPSA) is 58.4 Å². The van der Waals surface area contributed by atoms with Gasteiger partial charge < -0.3 is 11.1 Å². The van der Waals surface area contributed by atoms with Crippen LogP contribution in [0.25, 0.3) is 0 Å². The van der Waals surface area contributed by atoms with Gasteiger partial charge in [0.15, 0.2) is 0 Å². The average Bonchev–Trinajstić information content (AvgIpc) is 2.77. The van der Waals surface area contributed by atoms with Crippen LogP contribution < -0.4 is 11.1 Å². The van der Waals surface area contributed by atoms with Crippen molar-refractivity contribution >= 4 is 5.91 Å². The second-order valence-corrected chi connectivity index (χ2v) is 4.61. The largest absolute Gasteiger partial charge is 0.358 e. The first-order valence-corrected chi connectivity index (χ1v) is 6.33. The summed E-state index contributed by atoms with van der Waals surface area (Å²) in [4.78, 5) is 14.0. The van der Waals surface area contributed by atoms with Crippen molar-refractivity contribution in [1.29, 1.82) is 0 Å². The Morgan fingerprint density at radius 1 is 1.56 bits per heavy atom. The van der Waals surface area contributed by atoms with Gasteiger partial charge in [-0.05, 0) is 38.8 Å². The number of carbonyl (C=O) groups excluding carboxylic acids is 1. The maximum atomic E-state index is 11.7. The lowest BCUT2D eigenvalue weighted by atomic mass is 10.0. The molecule has 94 valence electrons. The van der Waals surface area contributed by atoms with E-state index in [0.717, 1.165) is 13.1 Å². The molecule has 0 aromatic carbocycles. The van der Waals surface area contributed by atoms with Gasteiger partial charge >= 0.3 is 0 Å². The van der Waals surface area contributed by atoms with Crippen molar-refractivity contribution in [1.82, 2.24) is 10.2 Å². The molecule has 0 aliphatic heterocycles. The Balaban J connectivity index is 2.69. The Bertz CT molecular complexity index is 232. The molecule has 1 aliphatic carbocycles. The Kier molecular flexibility index (Phi) is 5.22. The van der Waals surface area contributed by atoms with Crippen molar-refractivity contribution < 1.29 is 4.79 Å². The number of hydrogen-bond acceptors (Lipinski definition) is 3. The van der Waals surface area contributed by atoms with E-state index in [0.29, 0.717) is 12.0 Å². The first kappa shape index (κ1) is 13.5. The van der Waals surface area contributed by atoms with E-state index >= 15 is 0 Å². The van der Waals surface area contributed by atoms with E-state index in [1.807, 2.05) is 6.92 Å². The maximum absolute atomic E-state index is 11.7. The quantitative estimate of drug-likeness (QED) is 0.722. The lowest BCUT2D eigenvalue weighted by molar-refractivity contribution is -0.126. The zero-order valence-corrected chi connectivity index (χ0v) is 10.7. The molecular weight excluding hydrogens is 202 g/mol. The molecule has 0 bridgehead atoms. The van der Waals surface area contributed by atoms with Crippen molar-refractivity contribution in [3.63, 3.8) is 0 Å². The van der Waals surface area contributed by atoms with Crippen LogP contribution in [0.1, 0.15) is 33.1 Å². The third kappa shape index (κ3) is 2.74. The molecule has 0 saturated heterocycles. The molecule has 4 nitrogen and oxygen atoms in total. The molecule has 0 aromatic rings. The molecule has 0 spiro atoms. The number of amides is 1. The van der Waals surface area contributed by atoms with Crippen LogP contribution in [0.2, 0.25) is 0 Å². The molecule has 1 rings (SSSR count). The number of nitrogens with one attached hydrogen (secondary N) is 1. The van der Waals surface area contributed by atoms with Gasteiger partial charge in [-0.3, -0.25) is 9.69 Å². The predicted octanol–water partition coefficient (Wildman–Crippen LogP) is 0.570. The van der Waals surface area contributed by atoms with Crippen molar-refractivity contribution in [3.8, 4) is 0 Å². The van der Waals surface area contributed by atoms with Crippen LogP contribution in [0.4, 0.5) is 0 Å². The highest BCUT2D eigenvalue weighted by Crippen LogP contribution is 2.30. The van der Waals surface area contributed by atoms with Crippen LogP contribution in [0.5, 0.6) is 0 Å². The van der Waals surface area contributed by atoms with E-state index in [-0.39, 0.29) is 11.9 Å². The molecule has 3 unspecified atom stereocenters. The molecule has 3 atom stereocenters. The van der Waals surface area contributed by atoms with Crippen LogP contribution >= 0.6 is 0 Å². The van der Waals surface area contributed by atoms with Gasteiger partial charge in [0.25, 0.3) is 0 Å². The van der Waals surface area contributed by atoms with E-state index in [9.17, 15) is 4.79 Å². The fourth-order valence-corrected chi connectivity index (χ4v) is 2.88. The van der Waals surface area contributed by atoms with Gasteiger partial charge in [0, 0.05) is 13.1 Å².